The largest absolute Gasteiger partial charge is 0.481 e. The SMILES string of the molecule is C[N+](C)(C)CC(O)(CCC(C(=O)O)C(=O)O)CC(=O)O. The Morgan fingerprint density at radius 1 is 1.05 bits per heavy atom. The minimum atomic E-state index is -1.65. The van der Waals surface area contributed by atoms with Gasteiger partial charge in [-0.25, -0.2) is 0 Å². The monoisotopic (exact) mass is 292 g/mol. The Labute approximate surface area is 116 Å². The Morgan fingerprint density at radius 3 is 1.80 bits per heavy atom. The highest BCUT2D eigenvalue weighted by atomic mass is 16.4. The van der Waals surface area contributed by atoms with E-state index >= 15 is 0 Å². The predicted octanol–water partition coefficient (Wildman–Crippen LogP) is -0.536. The van der Waals surface area contributed by atoms with E-state index in [1.165, 1.54) is 0 Å². The number of nitrogens with zero attached hydrogens (tertiary/aromatic N) is 1. The summed E-state index contributed by atoms with van der Waals surface area (Å²) in [6, 6.07) is 0. The van der Waals surface area contributed by atoms with Crippen LogP contribution in [0.1, 0.15) is 19.3 Å². The Bertz CT molecular complexity index is 374. The first kappa shape index (κ1) is 18.3. The van der Waals surface area contributed by atoms with Gasteiger partial charge in [0.15, 0.2) is 5.92 Å². The van der Waals surface area contributed by atoms with Crippen LogP contribution in [0.3, 0.4) is 0 Å². The molecule has 1 atom stereocenters. The molecule has 0 spiro atoms. The van der Waals surface area contributed by atoms with Gasteiger partial charge in [0.1, 0.15) is 12.1 Å². The highest BCUT2D eigenvalue weighted by Gasteiger charge is 2.38. The van der Waals surface area contributed by atoms with Crippen LogP contribution in [0.15, 0.2) is 0 Å². The zero-order valence-corrected chi connectivity index (χ0v) is 11.9. The standard InChI is InChI=1S/C12H21NO7/c1-13(2,3)7-12(20,6-9(14)15)5-4-8(10(16)17)11(18)19/h8,20H,4-7H2,1-3H3,(H2-,14,15,16,17,18,19)/p+1. The third-order valence-electron chi connectivity index (χ3n) is 2.74. The molecule has 0 radical (unpaired) electrons. The lowest BCUT2D eigenvalue weighted by Crippen LogP contribution is -2.50. The molecule has 0 saturated heterocycles. The van der Waals surface area contributed by atoms with E-state index < -0.39 is 35.8 Å². The first-order valence-corrected chi connectivity index (χ1v) is 6.06. The van der Waals surface area contributed by atoms with E-state index in [9.17, 15) is 19.5 Å². The number of hydrogen-bond acceptors (Lipinski definition) is 4. The van der Waals surface area contributed by atoms with Gasteiger partial charge in [-0.3, -0.25) is 14.4 Å². The number of carboxylic acid groups (broad SMARTS) is 3. The van der Waals surface area contributed by atoms with Crippen LogP contribution in [-0.2, 0) is 14.4 Å². The van der Waals surface area contributed by atoms with Crippen LogP contribution >= 0.6 is 0 Å². The van der Waals surface area contributed by atoms with E-state index in [1.54, 1.807) is 21.1 Å². The van der Waals surface area contributed by atoms with Crippen molar-refractivity contribution in [3.63, 3.8) is 0 Å². The van der Waals surface area contributed by atoms with Gasteiger partial charge in [0.2, 0.25) is 0 Å². The van der Waals surface area contributed by atoms with Gasteiger partial charge in [0, 0.05) is 0 Å². The second-order valence-electron chi connectivity index (χ2n) is 6.01. The van der Waals surface area contributed by atoms with Crippen molar-refractivity contribution in [2.24, 2.45) is 5.92 Å². The molecule has 0 rings (SSSR count). The van der Waals surface area contributed by atoms with Gasteiger partial charge in [0.05, 0.1) is 27.6 Å². The van der Waals surface area contributed by atoms with Crippen LogP contribution in [0.2, 0.25) is 0 Å². The van der Waals surface area contributed by atoms with E-state index in [2.05, 4.69) is 0 Å². The van der Waals surface area contributed by atoms with Crippen LogP contribution in [-0.4, -0.2) is 76.1 Å². The summed E-state index contributed by atoms with van der Waals surface area (Å²) in [5.74, 6) is -5.87. The lowest BCUT2D eigenvalue weighted by Gasteiger charge is -2.35. The molecule has 0 aliphatic rings. The van der Waals surface area contributed by atoms with Crippen LogP contribution < -0.4 is 0 Å². The minimum Gasteiger partial charge on any atom is -0.481 e. The molecular formula is C12H22NO7+. The van der Waals surface area contributed by atoms with Crippen molar-refractivity contribution in [1.29, 1.82) is 0 Å². The summed E-state index contributed by atoms with van der Waals surface area (Å²) >= 11 is 0. The molecule has 0 aliphatic heterocycles. The zero-order chi connectivity index (χ0) is 16.1. The molecule has 0 aromatic carbocycles. The van der Waals surface area contributed by atoms with E-state index in [-0.39, 0.29) is 23.9 Å². The van der Waals surface area contributed by atoms with E-state index in [1.807, 2.05) is 0 Å². The fourth-order valence-electron chi connectivity index (χ4n) is 2.15. The van der Waals surface area contributed by atoms with Gasteiger partial charge in [-0.05, 0) is 12.8 Å². The van der Waals surface area contributed by atoms with Gasteiger partial charge in [-0.1, -0.05) is 0 Å². The summed E-state index contributed by atoms with van der Waals surface area (Å²) in [6.07, 6.45) is -1.10. The maximum Gasteiger partial charge on any atom is 0.317 e. The Hall–Kier alpha value is -1.67. The maximum absolute atomic E-state index is 10.8. The summed E-state index contributed by atoms with van der Waals surface area (Å²) in [6.45, 7) is 0.0747. The van der Waals surface area contributed by atoms with Crippen LogP contribution in [0.4, 0.5) is 0 Å². The second-order valence-corrected chi connectivity index (χ2v) is 6.01. The third-order valence-corrected chi connectivity index (χ3v) is 2.74. The Kier molecular flexibility index (Phi) is 6.11. The maximum atomic E-state index is 10.8. The third kappa shape index (κ3) is 7.05. The van der Waals surface area contributed by atoms with Crippen molar-refractivity contribution in [1.82, 2.24) is 0 Å². The van der Waals surface area contributed by atoms with Gasteiger partial charge < -0.3 is 24.9 Å². The quantitative estimate of drug-likeness (QED) is 0.331. The molecule has 8 nitrogen and oxygen atoms in total. The first-order valence-electron chi connectivity index (χ1n) is 6.06. The number of carboxylic acids is 3. The van der Waals surface area contributed by atoms with E-state index in [0.29, 0.717) is 0 Å². The molecule has 0 bridgehead atoms. The number of hydrogen-bond donors (Lipinski definition) is 4. The number of likely N-dealkylation sites (N-methyl/N-ethyl adjacent to an activating group) is 1. The fourth-order valence-corrected chi connectivity index (χ4v) is 2.15. The lowest BCUT2D eigenvalue weighted by molar-refractivity contribution is -0.877. The molecule has 8 heteroatoms. The van der Waals surface area contributed by atoms with Crippen molar-refractivity contribution >= 4 is 17.9 Å². The van der Waals surface area contributed by atoms with Gasteiger partial charge in [0.25, 0.3) is 0 Å². The number of quaternary nitrogens is 1. The highest BCUT2D eigenvalue weighted by Crippen LogP contribution is 2.23. The van der Waals surface area contributed by atoms with Gasteiger partial charge >= 0.3 is 17.9 Å². The van der Waals surface area contributed by atoms with Crippen molar-refractivity contribution in [2.45, 2.75) is 24.9 Å². The Morgan fingerprint density at radius 2 is 1.50 bits per heavy atom. The molecule has 1 unspecified atom stereocenters. The summed E-state index contributed by atoms with van der Waals surface area (Å²) in [7, 11) is 5.25. The van der Waals surface area contributed by atoms with Crippen molar-refractivity contribution in [3.8, 4) is 0 Å². The molecule has 20 heavy (non-hydrogen) atoms. The van der Waals surface area contributed by atoms with Crippen molar-refractivity contribution in [2.75, 3.05) is 27.7 Å². The molecule has 0 aromatic heterocycles. The molecule has 0 fully saturated rings. The average molecular weight is 292 g/mol. The second kappa shape index (κ2) is 6.67. The molecule has 0 saturated carbocycles. The summed E-state index contributed by atoms with van der Waals surface area (Å²) in [4.78, 5) is 32.4. The van der Waals surface area contributed by atoms with Crippen LogP contribution in [0, 0.1) is 5.92 Å². The normalized spacial score (nSPS) is 14.8. The number of rotatable bonds is 9. The number of carbonyl (C=O) groups is 3. The summed E-state index contributed by atoms with van der Waals surface area (Å²) in [5.41, 5.74) is -1.65. The molecule has 0 aliphatic carbocycles. The first-order chi connectivity index (χ1) is 8.86. The lowest BCUT2D eigenvalue weighted by atomic mass is 9.88. The number of aliphatic hydroxyl groups is 1. The van der Waals surface area contributed by atoms with Crippen molar-refractivity contribution < 1.29 is 39.3 Å². The van der Waals surface area contributed by atoms with Gasteiger partial charge in [-0.2, -0.15) is 0 Å². The van der Waals surface area contributed by atoms with Crippen LogP contribution in [0.25, 0.3) is 0 Å². The smallest absolute Gasteiger partial charge is 0.317 e. The zero-order valence-electron chi connectivity index (χ0n) is 11.9. The number of aliphatic carboxylic acids is 3. The van der Waals surface area contributed by atoms with E-state index in [4.69, 9.17) is 15.3 Å². The molecule has 4 N–H and O–H groups in total. The predicted molar refractivity (Wildman–Crippen MR) is 68.1 cm³/mol. The average Bonchev–Trinajstić information content (AvgIpc) is 2.10. The van der Waals surface area contributed by atoms with E-state index in [0.717, 1.165) is 0 Å². The molecule has 0 amide bonds. The molecule has 0 heterocycles. The Balaban J connectivity index is 4.94. The molecule has 0 aromatic rings. The van der Waals surface area contributed by atoms with Crippen molar-refractivity contribution in [3.05, 3.63) is 0 Å². The highest BCUT2D eigenvalue weighted by molar-refractivity contribution is 5.92. The fraction of sp³-hybridized carbons (Fsp3) is 0.750. The van der Waals surface area contributed by atoms with Gasteiger partial charge in [-0.15, -0.1) is 0 Å². The summed E-state index contributed by atoms with van der Waals surface area (Å²) in [5, 5.41) is 36.7. The molecular weight excluding hydrogens is 270 g/mol. The topological polar surface area (TPSA) is 132 Å². The summed E-state index contributed by atoms with van der Waals surface area (Å²) < 4.78 is 0.272. The van der Waals surface area contributed by atoms with Crippen LogP contribution in [0.5, 0.6) is 0 Å². The molecule has 116 valence electrons. The minimum absolute atomic E-state index is 0.0747.